The summed E-state index contributed by atoms with van der Waals surface area (Å²) in [5.74, 6) is 6.19. The van der Waals surface area contributed by atoms with E-state index in [-0.39, 0.29) is 0 Å². The third-order valence-electron chi connectivity index (χ3n) is 3.08. The lowest BCUT2D eigenvalue weighted by atomic mass is 10.1. The molecule has 3 nitrogen and oxygen atoms in total. The van der Waals surface area contributed by atoms with E-state index >= 15 is 0 Å². The van der Waals surface area contributed by atoms with E-state index in [1.165, 1.54) is 5.56 Å². The Morgan fingerprint density at radius 3 is 2.28 bits per heavy atom. The third kappa shape index (κ3) is 2.53. The van der Waals surface area contributed by atoms with Crippen LogP contribution >= 0.6 is 0 Å². The van der Waals surface area contributed by atoms with Gasteiger partial charge in [-0.15, -0.1) is 0 Å². The molecular weight excluding hydrogens is 222 g/mol. The summed E-state index contributed by atoms with van der Waals surface area (Å²) >= 11 is 0. The van der Waals surface area contributed by atoms with Crippen molar-refractivity contribution in [3.8, 4) is 0 Å². The average Bonchev–Trinajstić information content (AvgIpc) is 2.46. The second-order valence-corrected chi connectivity index (χ2v) is 4.22. The molecular formula is C15H19N3. The molecule has 18 heavy (non-hydrogen) atoms. The monoisotopic (exact) mass is 241 g/mol. The van der Waals surface area contributed by atoms with Crippen molar-refractivity contribution in [2.75, 3.05) is 5.01 Å². The van der Waals surface area contributed by atoms with E-state index < -0.39 is 0 Å². The lowest BCUT2D eigenvalue weighted by Crippen LogP contribution is -2.26. The van der Waals surface area contributed by atoms with Gasteiger partial charge in [-0.05, 0) is 35.7 Å². The molecule has 0 radical (unpaired) electrons. The fraction of sp³-hybridized carbons (Fsp3) is 0.200. The molecule has 0 bridgehead atoms. The van der Waals surface area contributed by atoms with Crippen molar-refractivity contribution in [2.45, 2.75) is 19.9 Å². The number of hydrogen-bond donors (Lipinski definition) is 2. The number of nitrogens with zero attached hydrogens (tertiary/aromatic N) is 1. The Morgan fingerprint density at radius 2 is 1.67 bits per heavy atom. The zero-order valence-electron chi connectivity index (χ0n) is 10.6. The highest BCUT2D eigenvalue weighted by atomic mass is 15.4. The zero-order chi connectivity index (χ0) is 13.0. The Labute approximate surface area is 108 Å². The maximum absolute atomic E-state index is 6.19. The summed E-state index contributed by atoms with van der Waals surface area (Å²) in [6.07, 6.45) is 0.963. The van der Waals surface area contributed by atoms with Crippen LogP contribution in [-0.4, -0.2) is 0 Å². The molecule has 2 aromatic rings. The Morgan fingerprint density at radius 1 is 1.00 bits per heavy atom. The van der Waals surface area contributed by atoms with Crippen molar-refractivity contribution >= 4 is 11.4 Å². The lowest BCUT2D eigenvalue weighted by Gasteiger charge is -2.21. The SMILES string of the molecule is CCc1ccccc1N(N)c1ccc(CN)cc1. The first-order chi connectivity index (χ1) is 8.76. The van der Waals surface area contributed by atoms with E-state index in [1.807, 2.05) is 42.5 Å². The first-order valence-electron chi connectivity index (χ1n) is 6.18. The topological polar surface area (TPSA) is 55.3 Å². The molecule has 0 aliphatic carbocycles. The van der Waals surface area contributed by atoms with Crippen LogP contribution in [0.25, 0.3) is 0 Å². The van der Waals surface area contributed by atoms with Crippen LogP contribution in [0.1, 0.15) is 18.1 Å². The van der Waals surface area contributed by atoms with Crippen LogP contribution in [0.5, 0.6) is 0 Å². The minimum absolute atomic E-state index is 0.552. The van der Waals surface area contributed by atoms with Gasteiger partial charge in [-0.2, -0.15) is 0 Å². The van der Waals surface area contributed by atoms with Gasteiger partial charge in [-0.3, -0.25) is 5.01 Å². The minimum atomic E-state index is 0.552. The van der Waals surface area contributed by atoms with Crippen LogP contribution in [0, 0.1) is 0 Å². The van der Waals surface area contributed by atoms with Crippen molar-refractivity contribution in [3.63, 3.8) is 0 Å². The van der Waals surface area contributed by atoms with Gasteiger partial charge < -0.3 is 5.73 Å². The van der Waals surface area contributed by atoms with E-state index in [2.05, 4.69) is 13.0 Å². The van der Waals surface area contributed by atoms with Gasteiger partial charge in [0.1, 0.15) is 0 Å². The van der Waals surface area contributed by atoms with Gasteiger partial charge >= 0.3 is 0 Å². The smallest absolute Gasteiger partial charge is 0.0607 e. The predicted molar refractivity (Wildman–Crippen MR) is 76.5 cm³/mol. The third-order valence-corrected chi connectivity index (χ3v) is 3.08. The van der Waals surface area contributed by atoms with E-state index in [0.717, 1.165) is 23.4 Å². The van der Waals surface area contributed by atoms with Crippen molar-refractivity contribution < 1.29 is 0 Å². The molecule has 0 saturated heterocycles. The van der Waals surface area contributed by atoms with Crippen molar-refractivity contribution in [3.05, 3.63) is 59.7 Å². The quantitative estimate of drug-likeness (QED) is 0.639. The van der Waals surface area contributed by atoms with Crippen LogP contribution in [-0.2, 0) is 13.0 Å². The summed E-state index contributed by atoms with van der Waals surface area (Å²) in [5, 5.41) is 1.72. The summed E-state index contributed by atoms with van der Waals surface area (Å²) < 4.78 is 0. The van der Waals surface area contributed by atoms with Crippen LogP contribution in [0.3, 0.4) is 0 Å². The molecule has 0 amide bonds. The molecule has 0 atom stereocenters. The molecule has 3 heteroatoms. The van der Waals surface area contributed by atoms with Gasteiger partial charge in [-0.25, -0.2) is 5.84 Å². The molecule has 0 fully saturated rings. The summed E-state index contributed by atoms with van der Waals surface area (Å²) in [6.45, 7) is 2.68. The van der Waals surface area contributed by atoms with Crippen LogP contribution in [0.15, 0.2) is 48.5 Å². The minimum Gasteiger partial charge on any atom is -0.326 e. The lowest BCUT2D eigenvalue weighted by molar-refractivity contribution is 1.03. The van der Waals surface area contributed by atoms with Gasteiger partial charge in [0.15, 0.2) is 0 Å². The largest absolute Gasteiger partial charge is 0.326 e. The maximum atomic E-state index is 6.19. The predicted octanol–water partition coefficient (Wildman–Crippen LogP) is 2.72. The molecule has 0 unspecified atom stereocenters. The Bertz CT molecular complexity index is 505. The Hall–Kier alpha value is -1.84. The molecule has 0 saturated carbocycles. The van der Waals surface area contributed by atoms with Gasteiger partial charge in [0.05, 0.1) is 11.4 Å². The van der Waals surface area contributed by atoms with Gasteiger partial charge in [-0.1, -0.05) is 37.3 Å². The van der Waals surface area contributed by atoms with E-state index in [9.17, 15) is 0 Å². The highest BCUT2D eigenvalue weighted by Crippen LogP contribution is 2.25. The molecule has 4 N–H and O–H groups in total. The first-order valence-corrected chi connectivity index (χ1v) is 6.18. The molecule has 0 aliphatic heterocycles. The normalized spacial score (nSPS) is 10.4. The van der Waals surface area contributed by atoms with Crippen molar-refractivity contribution in [1.82, 2.24) is 0 Å². The standard InChI is InChI=1S/C15H19N3/c1-2-13-5-3-4-6-15(13)18(17)14-9-7-12(11-16)8-10-14/h3-10H,2,11,16-17H2,1H3. The van der Waals surface area contributed by atoms with E-state index in [1.54, 1.807) is 5.01 Å². The number of aryl methyl sites for hydroxylation is 1. The molecule has 0 aliphatic rings. The van der Waals surface area contributed by atoms with E-state index in [0.29, 0.717) is 6.54 Å². The van der Waals surface area contributed by atoms with Gasteiger partial charge in [0.2, 0.25) is 0 Å². The molecule has 2 rings (SSSR count). The molecule has 2 aromatic carbocycles. The number of nitrogens with two attached hydrogens (primary N) is 2. The van der Waals surface area contributed by atoms with Crippen LogP contribution < -0.4 is 16.6 Å². The molecule has 0 heterocycles. The van der Waals surface area contributed by atoms with E-state index in [4.69, 9.17) is 11.6 Å². The van der Waals surface area contributed by atoms with Gasteiger partial charge in [0.25, 0.3) is 0 Å². The fourth-order valence-electron chi connectivity index (χ4n) is 1.98. The summed E-state index contributed by atoms with van der Waals surface area (Å²) in [7, 11) is 0. The van der Waals surface area contributed by atoms with Crippen molar-refractivity contribution in [1.29, 1.82) is 0 Å². The first kappa shape index (κ1) is 12.6. The van der Waals surface area contributed by atoms with Gasteiger partial charge in [0, 0.05) is 6.54 Å². The second kappa shape index (κ2) is 5.67. The van der Waals surface area contributed by atoms with Crippen LogP contribution in [0.2, 0.25) is 0 Å². The highest BCUT2D eigenvalue weighted by molar-refractivity contribution is 5.65. The number of hydrazine groups is 1. The van der Waals surface area contributed by atoms with Crippen molar-refractivity contribution in [2.24, 2.45) is 11.6 Å². The highest BCUT2D eigenvalue weighted by Gasteiger charge is 2.08. The van der Waals surface area contributed by atoms with Crippen LogP contribution in [0.4, 0.5) is 11.4 Å². The fourth-order valence-corrected chi connectivity index (χ4v) is 1.98. The zero-order valence-corrected chi connectivity index (χ0v) is 10.6. The molecule has 0 aromatic heterocycles. The maximum Gasteiger partial charge on any atom is 0.0607 e. The number of para-hydroxylation sites is 1. The average molecular weight is 241 g/mol. The summed E-state index contributed by atoms with van der Waals surface area (Å²) in [5.41, 5.74) is 9.94. The number of rotatable bonds is 4. The molecule has 0 spiro atoms. The molecule has 94 valence electrons. The Kier molecular flexibility index (Phi) is 3.97. The number of anilines is 2. The summed E-state index contributed by atoms with van der Waals surface area (Å²) in [6, 6.07) is 16.2. The number of hydrogen-bond acceptors (Lipinski definition) is 3. The summed E-state index contributed by atoms with van der Waals surface area (Å²) in [4.78, 5) is 0. The number of benzene rings is 2. The second-order valence-electron chi connectivity index (χ2n) is 4.22. The Balaban J connectivity index is 2.31.